The van der Waals surface area contributed by atoms with Gasteiger partial charge in [-0.1, -0.05) is 61.4 Å². The number of unbranched alkanes of at least 4 members (excludes halogenated alkanes) is 1. The van der Waals surface area contributed by atoms with Crippen molar-refractivity contribution >= 4 is 22.6 Å². The quantitative estimate of drug-likeness (QED) is 0.367. The van der Waals surface area contributed by atoms with Gasteiger partial charge in [0.1, 0.15) is 5.82 Å². The highest BCUT2D eigenvalue weighted by Crippen LogP contribution is 2.24. The topological polar surface area (TPSA) is 67.2 Å². The number of carbonyl (C=O) groups is 1. The lowest BCUT2D eigenvalue weighted by molar-refractivity contribution is 0.188. The van der Waals surface area contributed by atoms with E-state index in [0.717, 1.165) is 29.8 Å². The van der Waals surface area contributed by atoms with Gasteiger partial charge in [0.25, 0.3) is 5.56 Å². The molecule has 6 heteroatoms. The molecular weight excluding hydrogens is 424 g/mol. The molecule has 0 bridgehead atoms. The third kappa shape index (κ3) is 4.86. The summed E-state index contributed by atoms with van der Waals surface area (Å²) in [4.78, 5) is 33.6. The minimum absolute atomic E-state index is 0.145. The lowest BCUT2D eigenvalue weighted by atomic mass is 10.1. The second-order valence-corrected chi connectivity index (χ2v) is 8.48. The SMILES string of the molecule is CCCCN(C(=O)Nc1ccc(C)cc1)C(C)c1nc2ccccc2c(=O)n1-c1ccccc1. The first-order valence-corrected chi connectivity index (χ1v) is 11.7. The Labute approximate surface area is 199 Å². The number of rotatable bonds is 7. The van der Waals surface area contributed by atoms with Crippen molar-refractivity contribution in [3.8, 4) is 5.69 Å². The Morgan fingerprint density at radius 1 is 1.00 bits per heavy atom. The first-order chi connectivity index (χ1) is 16.5. The molecule has 0 saturated carbocycles. The molecule has 0 saturated heterocycles. The van der Waals surface area contributed by atoms with E-state index >= 15 is 0 Å². The number of para-hydroxylation sites is 2. The van der Waals surface area contributed by atoms with Gasteiger partial charge in [-0.15, -0.1) is 0 Å². The number of aromatic nitrogens is 2. The van der Waals surface area contributed by atoms with E-state index < -0.39 is 6.04 Å². The predicted octanol–water partition coefficient (Wildman–Crippen LogP) is 6.09. The lowest BCUT2D eigenvalue weighted by Gasteiger charge is -2.30. The predicted molar refractivity (Wildman–Crippen MR) is 138 cm³/mol. The van der Waals surface area contributed by atoms with Gasteiger partial charge in [-0.3, -0.25) is 9.36 Å². The number of nitrogens with zero attached hydrogens (tertiary/aromatic N) is 3. The highest BCUT2D eigenvalue weighted by Gasteiger charge is 2.26. The second-order valence-electron chi connectivity index (χ2n) is 8.48. The first kappa shape index (κ1) is 23.2. The van der Waals surface area contributed by atoms with Crippen LogP contribution in [0.5, 0.6) is 0 Å². The molecule has 3 aromatic carbocycles. The number of aryl methyl sites for hydroxylation is 1. The summed E-state index contributed by atoms with van der Waals surface area (Å²) in [6.07, 6.45) is 1.78. The van der Waals surface area contributed by atoms with Gasteiger partial charge in [-0.2, -0.15) is 0 Å². The van der Waals surface area contributed by atoms with Gasteiger partial charge in [0.2, 0.25) is 0 Å². The van der Waals surface area contributed by atoms with Crippen LogP contribution in [0.3, 0.4) is 0 Å². The summed E-state index contributed by atoms with van der Waals surface area (Å²) in [5, 5.41) is 3.56. The highest BCUT2D eigenvalue weighted by atomic mass is 16.2. The van der Waals surface area contributed by atoms with Gasteiger partial charge in [0.15, 0.2) is 0 Å². The number of anilines is 1. The summed E-state index contributed by atoms with van der Waals surface area (Å²) in [5.74, 6) is 0.532. The Bertz CT molecular complexity index is 1330. The molecule has 0 radical (unpaired) electrons. The molecule has 1 heterocycles. The smallest absolute Gasteiger partial charge is 0.315 e. The van der Waals surface area contributed by atoms with Gasteiger partial charge in [0.05, 0.1) is 22.6 Å². The summed E-state index contributed by atoms with van der Waals surface area (Å²) < 4.78 is 1.63. The molecule has 2 amide bonds. The monoisotopic (exact) mass is 454 g/mol. The van der Waals surface area contributed by atoms with Crippen molar-refractivity contribution in [1.29, 1.82) is 0 Å². The number of fused-ring (bicyclic) bond motifs is 1. The van der Waals surface area contributed by atoms with Gasteiger partial charge in [-0.05, 0) is 56.7 Å². The zero-order valence-electron chi connectivity index (χ0n) is 19.9. The van der Waals surface area contributed by atoms with Crippen LogP contribution in [0, 0.1) is 6.92 Å². The molecule has 174 valence electrons. The van der Waals surface area contributed by atoms with Crippen LogP contribution >= 0.6 is 0 Å². The molecule has 4 rings (SSSR count). The molecule has 4 aromatic rings. The van der Waals surface area contributed by atoms with E-state index in [1.807, 2.05) is 86.6 Å². The van der Waals surface area contributed by atoms with Crippen molar-refractivity contribution in [1.82, 2.24) is 14.5 Å². The number of hydrogen-bond donors (Lipinski definition) is 1. The second kappa shape index (κ2) is 10.3. The largest absolute Gasteiger partial charge is 0.322 e. The average molecular weight is 455 g/mol. The van der Waals surface area contributed by atoms with Crippen LogP contribution in [0.4, 0.5) is 10.5 Å². The zero-order valence-corrected chi connectivity index (χ0v) is 19.9. The molecule has 1 aromatic heterocycles. The van der Waals surface area contributed by atoms with Crippen LogP contribution < -0.4 is 10.9 Å². The van der Waals surface area contributed by atoms with Crippen LogP contribution in [-0.4, -0.2) is 27.0 Å². The number of benzene rings is 3. The first-order valence-electron chi connectivity index (χ1n) is 11.7. The number of nitrogens with one attached hydrogen (secondary N) is 1. The molecule has 0 spiro atoms. The molecule has 1 atom stereocenters. The molecule has 6 nitrogen and oxygen atoms in total. The maximum atomic E-state index is 13.6. The summed E-state index contributed by atoms with van der Waals surface area (Å²) in [6, 6.07) is 23.9. The highest BCUT2D eigenvalue weighted by molar-refractivity contribution is 5.89. The van der Waals surface area contributed by atoms with Gasteiger partial charge >= 0.3 is 6.03 Å². The Morgan fingerprint density at radius 2 is 1.68 bits per heavy atom. The molecular formula is C28H30N4O2. The fourth-order valence-electron chi connectivity index (χ4n) is 4.03. The summed E-state index contributed by atoms with van der Waals surface area (Å²) in [6.45, 7) is 6.58. The lowest BCUT2D eigenvalue weighted by Crippen LogP contribution is -2.40. The van der Waals surface area contributed by atoms with E-state index in [0.29, 0.717) is 23.3 Å². The minimum Gasteiger partial charge on any atom is -0.315 e. The number of urea groups is 1. The third-order valence-corrected chi connectivity index (χ3v) is 5.97. The molecule has 1 N–H and O–H groups in total. The van der Waals surface area contributed by atoms with Crippen LogP contribution in [0.1, 0.15) is 44.1 Å². The summed E-state index contributed by atoms with van der Waals surface area (Å²) in [7, 11) is 0. The molecule has 34 heavy (non-hydrogen) atoms. The molecule has 0 aliphatic heterocycles. The van der Waals surface area contributed by atoms with Crippen molar-refractivity contribution in [2.75, 3.05) is 11.9 Å². The van der Waals surface area contributed by atoms with Crippen molar-refractivity contribution in [3.63, 3.8) is 0 Å². The van der Waals surface area contributed by atoms with Crippen LogP contribution in [-0.2, 0) is 0 Å². The van der Waals surface area contributed by atoms with Crippen LogP contribution in [0.2, 0.25) is 0 Å². The fraction of sp³-hybridized carbons (Fsp3) is 0.250. The van der Waals surface area contributed by atoms with Crippen molar-refractivity contribution in [3.05, 3.63) is 101 Å². The van der Waals surface area contributed by atoms with Gasteiger partial charge in [0, 0.05) is 12.2 Å². The summed E-state index contributed by atoms with van der Waals surface area (Å²) in [5.41, 5.74) is 3.06. The Balaban J connectivity index is 1.80. The van der Waals surface area contributed by atoms with Crippen LogP contribution in [0.15, 0.2) is 83.7 Å². The molecule has 0 aliphatic carbocycles. The average Bonchev–Trinajstić information content (AvgIpc) is 2.86. The molecule has 1 unspecified atom stereocenters. The maximum absolute atomic E-state index is 13.6. The number of hydrogen-bond acceptors (Lipinski definition) is 3. The van der Waals surface area contributed by atoms with E-state index in [-0.39, 0.29) is 11.6 Å². The fourth-order valence-corrected chi connectivity index (χ4v) is 4.03. The zero-order chi connectivity index (χ0) is 24.1. The van der Waals surface area contributed by atoms with E-state index in [1.54, 1.807) is 15.5 Å². The number of carbonyl (C=O) groups excluding carboxylic acids is 1. The third-order valence-electron chi connectivity index (χ3n) is 5.97. The van der Waals surface area contributed by atoms with Crippen LogP contribution in [0.25, 0.3) is 16.6 Å². The van der Waals surface area contributed by atoms with Gasteiger partial charge < -0.3 is 10.2 Å². The number of amides is 2. The Kier molecular flexibility index (Phi) is 7.07. The normalized spacial score (nSPS) is 11.9. The van der Waals surface area contributed by atoms with Crippen molar-refractivity contribution in [2.45, 2.75) is 39.7 Å². The van der Waals surface area contributed by atoms with E-state index in [9.17, 15) is 9.59 Å². The molecule has 0 aliphatic rings. The van der Waals surface area contributed by atoms with Crippen molar-refractivity contribution < 1.29 is 4.79 Å². The summed E-state index contributed by atoms with van der Waals surface area (Å²) >= 11 is 0. The maximum Gasteiger partial charge on any atom is 0.322 e. The van der Waals surface area contributed by atoms with E-state index in [4.69, 9.17) is 4.98 Å². The Hall–Kier alpha value is -3.93. The van der Waals surface area contributed by atoms with Crippen molar-refractivity contribution in [2.24, 2.45) is 0 Å². The molecule has 0 fully saturated rings. The van der Waals surface area contributed by atoms with E-state index in [1.165, 1.54) is 0 Å². The van der Waals surface area contributed by atoms with E-state index in [2.05, 4.69) is 12.2 Å². The van der Waals surface area contributed by atoms with Gasteiger partial charge in [-0.25, -0.2) is 9.78 Å². The Morgan fingerprint density at radius 3 is 2.38 bits per heavy atom. The minimum atomic E-state index is -0.436. The standard InChI is InChI=1S/C28H30N4O2/c1-4-5-19-31(28(34)29-22-17-15-20(2)16-18-22)21(3)26-30-25-14-10-9-13-24(25)27(33)32(26)23-11-7-6-8-12-23/h6-18,21H,4-5,19H2,1-3H3,(H,29,34).